The average molecular weight is 424 g/mol. The van der Waals surface area contributed by atoms with Crippen LogP contribution in [0, 0.1) is 0 Å². The van der Waals surface area contributed by atoms with Gasteiger partial charge >= 0.3 is 11.9 Å². The lowest BCUT2D eigenvalue weighted by Crippen LogP contribution is -2.26. The second kappa shape index (κ2) is 11.3. The van der Waals surface area contributed by atoms with E-state index in [4.69, 9.17) is 0 Å². The van der Waals surface area contributed by atoms with Crippen LogP contribution in [-0.4, -0.2) is 34.0 Å². The Bertz CT molecular complexity index is 939. The van der Waals surface area contributed by atoms with Crippen molar-refractivity contribution < 1.29 is 29.4 Å². The smallest absolute Gasteiger partial charge is 0.337 e. The van der Waals surface area contributed by atoms with Crippen molar-refractivity contribution in [3.05, 3.63) is 71.3 Å². The summed E-state index contributed by atoms with van der Waals surface area (Å²) in [4.78, 5) is 48.5. The number of amides is 2. The van der Waals surface area contributed by atoms with Gasteiger partial charge in [-0.1, -0.05) is 50.1 Å². The number of rotatable bonds is 10. The van der Waals surface area contributed by atoms with Gasteiger partial charge in [-0.25, -0.2) is 9.59 Å². The highest BCUT2D eigenvalue weighted by Crippen LogP contribution is 2.19. The van der Waals surface area contributed by atoms with Gasteiger partial charge in [0.15, 0.2) is 0 Å². The summed E-state index contributed by atoms with van der Waals surface area (Å²) in [5.41, 5.74) is -0.344. The molecule has 31 heavy (non-hydrogen) atoms. The summed E-state index contributed by atoms with van der Waals surface area (Å²) in [5, 5.41) is 23.6. The molecule has 0 saturated heterocycles. The van der Waals surface area contributed by atoms with Crippen molar-refractivity contribution in [1.82, 2.24) is 0 Å². The van der Waals surface area contributed by atoms with E-state index in [0.717, 1.165) is 19.3 Å². The summed E-state index contributed by atoms with van der Waals surface area (Å²) in [5.74, 6) is -4.00. The molecule has 0 aliphatic rings. The van der Waals surface area contributed by atoms with Gasteiger partial charge in [-0.15, -0.1) is 0 Å². The standard InChI is InChI=1S/C23H24N2O6/c1-2-3-4-5-12-17(20(26)24-18-13-8-6-10-15(18)22(28)29)21(27)25-19-14-9-7-11-16(19)23(30)31/h6-14H,2-5H2,1H3,(H,24,26)(H,25,27)(H,28,29)(H,30,31). The van der Waals surface area contributed by atoms with Crippen molar-refractivity contribution >= 4 is 35.1 Å². The number of para-hydroxylation sites is 2. The van der Waals surface area contributed by atoms with Gasteiger partial charge in [0.05, 0.1) is 22.5 Å². The molecule has 162 valence electrons. The lowest BCUT2D eigenvalue weighted by atomic mass is 10.1. The molecule has 0 spiro atoms. The van der Waals surface area contributed by atoms with Gasteiger partial charge in [-0.2, -0.15) is 0 Å². The van der Waals surface area contributed by atoms with Crippen LogP contribution in [0.4, 0.5) is 11.4 Å². The number of carboxylic acids is 2. The molecule has 0 unspecified atom stereocenters. The maximum absolute atomic E-state index is 12.9. The fourth-order valence-corrected chi connectivity index (χ4v) is 2.87. The predicted octanol–water partition coefficient (Wildman–Crippen LogP) is 4.17. The molecule has 0 fully saturated rings. The fraction of sp³-hybridized carbons (Fsp3) is 0.217. The molecule has 0 aliphatic carbocycles. The molecule has 2 aromatic rings. The van der Waals surface area contributed by atoms with E-state index in [1.165, 1.54) is 42.5 Å². The number of hydrogen-bond acceptors (Lipinski definition) is 4. The second-order valence-electron chi connectivity index (χ2n) is 6.72. The summed E-state index contributed by atoms with van der Waals surface area (Å²) < 4.78 is 0. The number of carbonyl (C=O) groups is 4. The van der Waals surface area contributed by atoms with Crippen LogP contribution in [0.1, 0.15) is 53.3 Å². The summed E-state index contributed by atoms with van der Waals surface area (Å²) >= 11 is 0. The molecule has 2 aromatic carbocycles. The van der Waals surface area contributed by atoms with E-state index in [1.54, 1.807) is 12.1 Å². The predicted molar refractivity (Wildman–Crippen MR) is 116 cm³/mol. The Hall–Kier alpha value is -3.94. The Balaban J connectivity index is 2.30. The third kappa shape index (κ3) is 6.53. The molecular formula is C23H24N2O6. The Morgan fingerprint density at radius 1 is 0.774 bits per heavy atom. The van der Waals surface area contributed by atoms with Crippen LogP contribution in [0.2, 0.25) is 0 Å². The Labute approximate surface area is 179 Å². The second-order valence-corrected chi connectivity index (χ2v) is 6.72. The summed E-state index contributed by atoms with van der Waals surface area (Å²) in [6.45, 7) is 2.02. The van der Waals surface area contributed by atoms with E-state index >= 15 is 0 Å². The quantitative estimate of drug-likeness (QED) is 0.196. The van der Waals surface area contributed by atoms with Crippen LogP contribution in [-0.2, 0) is 9.59 Å². The van der Waals surface area contributed by atoms with E-state index in [2.05, 4.69) is 10.6 Å². The van der Waals surface area contributed by atoms with Gasteiger partial charge in [0, 0.05) is 0 Å². The van der Waals surface area contributed by atoms with Crippen LogP contribution < -0.4 is 10.6 Å². The summed E-state index contributed by atoms with van der Waals surface area (Å²) in [6.07, 6.45) is 4.58. The van der Waals surface area contributed by atoms with Crippen molar-refractivity contribution in [2.75, 3.05) is 10.6 Å². The fourth-order valence-electron chi connectivity index (χ4n) is 2.87. The number of unbranched alkanes of at least 4 members (excludes halogenated alkanes) is 3. The SMILES string of the molecule is CCCCCC=C(C(=O)Nc1ccccc1C(=O)O)C(=O)Nc1ccccc1C(=O)O. The summed E-state index contributed by atoms with van der Waals surface area (Å²) in [7, 11) is 0. The van der Waals surface area contributed by atoms with Gasteiger partial charge in [0.25, 0.3) is 11.8 Å². The van der Waals surface area contributed by atoms with Gasteiger partial charge in [-0.05, 0) is 37.1 Å². The first kappa shape index (κ1) is 23.3. The van der Waals surface area contributed by atoms with Crippen molar-refractivity contribution in [3.8, 4) is 0 Å². The molecule has 4 N–H and O–H groups in total. The molecule has 0 atom stereocenters. The number of carboxylic acid groups (broad SMARTS) is 2. The number of anilines is 2. The number of aromatic carboxylic acids is 2. The molecule has 0 radical (unpaired) electrons. The molecule has 0 saturated carbocycles. The number of nitrogens with one attached hydrogen (secondary N) is 2. The number of hydrogen-bond donors (Lipinski definition) is 4. The molecule has 2 amide bonds. The van der Waals surface area contributed by atoms with E-state index in [0.29, 0.717) is 6.42 Å². The van der Waals surface area contributed by atoms with Gasteiger partial charge in [0.2, 0.25) is 0 Å². The van der Waals surface area contributed by atoms with E-state index in [9.17, 15) is 29.4 Å². The van der Waals surface area contributed by atoms with E-state index < -0.39 is 23.8 Å². The molecule has 2 rings (SSSR count). The average Bonchev–Trinajstić information content (AvgIpc) is 2.74. The van der Waals surface area contributed by atoms with Crippen LogP contribution in [0.15, 0.2) is 60.2 Å². The largest absolute Gasteiger partial charge is 0.478 e. The number of allylic oxidation sites excluding steroid dienone is 1. The van der Waals surface area contributed by atoms with Crippen molar-refractivity contribution in [2.24, 2.45) is 0 Å². The van der Waals surface area contributed by atoms with Gasteiger partial charge < -0.3 is 20.8 Å². The Morgan fingerprint density at radius 3 is 1.65 bits per heavy atom. The highest BCUT2D eigenvalue weighted by Gasteiger charge is 2.22. The minimum Gasteiger partial charge on any atom is -0.478 e. The van der Waals surface area contributed by atoms with Gasteiger partial charge in [-0.3, -0.25) is 9.59 Å². The third-order valence-electron chi connectivity index (χ3n) is 4.46. The highest BCUT2D eigenvalue weighted by atomic mass is 16.4. The van der Waals surface area contributed by atoms with Crippen LogP contribution in [0.5, 0.6) is 0 Å². The third-order valence-corrected chi connectivity index (χ3v) is 4.46. The highest BCUT2D eigenvalue weighted by molar-refractivity contribution is 6.27. The molecule has 8 nitrogen and oxygen atoms in total. The van der Waals surface area contributed by atoms with Crippen LogP contribution in [0.3, 0.4) is 0 Å². The molecule has 0 aromatic heterocycles. The zero-order chi connectivity index (χ0) is 22.8. The maximum Gasteiger partial charge on any atom is 0.337 e. The molecule has 0 bridgehead atoms. The zero-order valence-corrected chi connectivity index (χ0v) is 17.1. The topological polar surface area (TPSA) is 133 Å². The first-order valence-corrected chi connectivity index (χ1v) is 9.82. The zero-order valence-electron chi connectivity index (χ0n) is 17.1. The molecule has 0 aliphatic heterocycles. The Morgan fingerprint density at radius 2 is 1.23 bits per heavy atom. The summed E-state index contributed by atoms with van der Waals surface area (Å²) in [6, 6.07) is 11.7. The van der Waals surface area contributed by atoms with Gasteiger partial charge in [0.1, 0.15) is 5.57 Å². The Kier molecular flexibility index (Phi) is 8.51. The van der Waals surface area contributed by atoms with E-state index in [-0.39, 0.29) is 28.1 Å². The number of carbonyl (C=O) groups excluding carboxylic acids is 2. The molecule has 8 heteroatoms. The minimum absolute atomic E-state index is 0.0539. The molecule has 0 heterocycles. The molecular weight excluding hydrogens is 400 g/mol. The van der Waals surface area contributed by atoms with Crippen molar-refractivity contribution in [3.63, 3.8) is 0 Å². The van der Waals surface area contributed by atoms with Crippen LogP contribution in [0.25, 0.3) is 0 Å². The van der Waals surface area contributed by atoms with Crippen molar-refractivity contribution in [2.45, 2.75) is 32.6 Å². The monoisotopic (exact) mass is 424 g/mol. The first-order valence-electron chi connectivity index (χ1n) is 9.82. The van der Waals surface area contributed by atoms with Crippen LogP contribution >= 0.6 is 0 Å². The lowest BCUT2D eigenvalue weighted by Gasteiger charge is -2.13. The minimum atomic E-state index is -1.22. The normalized spacial score (nSPS) is 10.1. The number of benzene rings is 2. The maximum atomic E-state index is 12.9. The van der Waals surface area contributed by atoms with E-state index in [1.807, 2.05) is 6.92 Å². The lowest BCUT2D eigenvalue weighted by molar-refractivity contribution is -0.118. The van der Waals surface area contributed by atoms with Crippen molar-refractivity contribution in [1.29, 1.82) is 0 Å². The first-order chi connectivity index (χ1) is 14.8.